The number of hydrogen-bond donors (Lipinski definition) is 1. The Labute approximate surface area is 229 Å². The molecule has 8 nitrogen and oxygen atoms in total. The van der Waals surface area contributed by atoms with Crippen molar-refractivity contribution in [3.8, 4) is 5.75 Å². The van der Waals surface area contributed by atoms with Gasteiger partial charge in [0.15, 0.2) is 0 Å². The second kappa shape index (κ2) is 13.4. The molecule has 0 aromatic heterocycles. The molecule has 0 aliphatic rings. The lowest BCUT2D eigenvalue weighted by Crippen LogP contribution is -2.50. The predicted molar refractivity (Wildman–Crippen MR) is 148 cm³/mol. The summed E-state index contributed by atoms with van der Waals surface area (Å²) in [5.74, 6) is -0.149. The summed E-state index contributed by atoms with van der Waals surface area (Å²) in [7, 11) is -2.13. The number of amides is 2. The molecule has 2 amide bonds. The Morgan fingerprint density at radius 1 is 0.895 bits per heavy atom. The number of sulfonamides is 1. The largest absolute Gasteiger partial charge is 0.497 e. The van der Waals surface area contributed by atoms with Crippen molar-refractivity contribution >= 4 is 33.4 Å². The zero-order valence-corrected chi connectivity index (χ0v) is 23.2. The van der Waals surface area contributed by atoms with Crippen LogP contribution in [0.4, 0.5) is 0 Å². The van der Waals surface area contributed by atoms with Crippen molar-refractivity contribution in [2.75, 3.05) is 19.9 Å². The van der Waals surface area contributed by atoms with Crippen LogP contribution < -0.4 is 10.1 Å². The maximum atomic E-state index is 13.6. The highest BCUT2D eigenvalue weighted by Gasteiger charge is 2.29. The number of benzene rings is 3. The van der Waals surface area contributed by atoms with Gasteiger partial charge < -0.3 is 15.0 Å². The Balaban J connectivity index is 1.79. The molecule has 38 heavy (non-hydrogen) atoms. The molecule has 0 unspecified atom stereocenters. The van der Waals surface area contributed by atoms with Gasteiger partial charge in [0, 0.05) is 24.7 Å². The van der Waals surface area contributed by atoms with Gasteiger partial charge in [-0.15, -0.1) is 0 Å². The average molecular weight is 558 g/mol. The Kier molecular flexibility index (Phi) is 10.3. The minimum absolute atomic E-state index is 0.0399. The van der Waals surface area contributed by atoms with Crippen molar-refractivity contribution in [2.24, 2.45) is 0 Å². The van der Waals surface area contributed by atoms with Crippen molar-refractivity contribution in [3.05, 3.63) is 101 Å². The van der Waals surface area contributed by atoms with E-state index in [0.29, 0.717) is 10.8 Å². The third-order valence-corrected chi connectivity index (χ3v) is 7.49. The number of ether oxygens (including phenoxy) is 1. The predicted octanol–water partition coefficient (Wildman–Crippen LogP) is 3.84. The third kappa shape index (κ3) is 8.58. The molecule has 0 aliphatic heterocycles. The number of rotatable bonds is 12. The SMILES string of the molecule is COc1ccc(CNC(=O)[C@H](C)N(Cc2ccc(Cl)cc2)C(=O)CN(Cc2ccccc2)S(C)(=O)=O)cc1. The number of methoxy groups -OCH3 is 1. The van der Waals surface area contributed by atoms with Crippen LogP contribution in [-0.4, -0.2) is 55.4 Å². The van der Waals surface area contributed by atoms with Gasteiger partial charge in [0.25, 0.3) is 0 Å². The number of carbonyl (C=O) groups is 2. The molecular formula is C28H32ClN3O5S. The number of carbonyl (C=O) groups excluding carboxylic acids is 2. The summed E-state index contributed by atoms with van der Waals surface area (Å²) in [4.78, 5) is 28.1. The van der Waals surface area contributed by atoms with Crippen molar-refractivity contribution in [3.63, 3.8) is 0 Å². The molecule has 0 spiro atoms. The second-order valence-corrected chi connectivity index (χ2v) is 11.3. The van der Waals surface area contributed by atoms with E-state index in [-0.39, 0.29) is 25.5 Å². The lowest BCUT2D eigenvalue weighted by atomic mass is 10.1. The van der Waals surface area contributed by atoms with Crippen molar-refractivity contribution < 1.29 is 22.7 Å². The Morgan fingerprint density at radius 2 is 1.47 bits per heavy atom. The normalized spacial score (nSPS) is 12.1. The first-order valence-corrected chi connectivity index (χ1v) is 14.2. The van der Waals surface area contributed by atoms with Crippen molar-refractivity contribution in [1.82, 2.24) is 14.5 Å². The summed E-state index contributed by atoms with van der Waals surface area (Å²) in [6.07, 6.45) is 1.07. The number of nitrogens with zero attached hydrogens (tertiary/aromatic N) is 2. The molecule has 1 atom stereocenters. The number of nitrogens with one attached hydrogen (secondary N) is 1. The molecule has 202 valence electrons. The van der Waals surface area contributed by atoms with E-state index in [0.717, 1.165) is 27.3 Å². The van der Waals surface area contributed by atoms with E-state index in [1.54, 1.807) is 74.7 Å². The minimum Gasteiger partial charge on any atom is -0.497 e. The number of hydrogen-bond acceptors (Lipinski definition) is 5. The van der Waals surface area contributed by atoms with Crippen LogP contribution in [0.25, 0.3) is 0 Å². The summed E-state index contributed by atoms with van der Waals surface area (Å²) < 4.78 is 31.4. The fraction of sp³-hybridized carbons (Fsp3) is 0.286. The average Bonchev–Trinajstić information content (AvgIpc) is 2.91. The summed E-state index contributed by atoms with van der Waals surface area (Å²) in [6.45, 7) is 1.63. The highest BCUT2D eigenvalue weighted by molar-refractivity contribution is 7.88. The fourth-order valence-corrected chi connectivity index (χ4v) is 4.62. The quantitative estimate of drug-likeness (QED) is 0.365. The standard InChI is InChI=1S/C28H32ClN3O5S/c1-21(28(34)30-17-22-11-15-26(37-2)16-12-22)32(19-24-9-13-25(29)14-10-24)27(33)20-31(38(3,35)36)18-23-7-5-4-6-8-23/h4-16,21H,17-20H2,1-3H3,(H,30,34)/t21-/m0/s1. The van der Waals surface area contributed by atoms with Crippen molar-refractivity contribution in [1.29, 1.82) is 0 Å². The Hall–Kier alpha value is -3.40. The van der Waals surface area contributed by atoms with E-state index >= 15 is 0 Å². The van der Waals surface area contributed by atoms with E-state index in [2.05, 4.69) is 5.32 Å². The van der Waals surface area contributed by atoms with Crippen LogP contribution in [-0.2, 0) is 39.2 Å². The topological polar surface area (TPSA) is 96.0 Å². The molecule has 0 saturated carbocycles. The van der Waals surface area contributed by atoms with Crippen LogP contribution >= 0.6 is 11.6 Å². The van der Waals surface area contributed by atoms with Crippen LogP contribution in [0.15, 0.2) is 78.9 Å². The second-order valence-electron chi connectivity index (χ2n) is 8.91. The molecule has 0 fully saturated rings. The molecule has 3 aromatic carbocycles. The van der Waals surface area contributed by atoms with Gasteiger partial charge in [-0.25, -0.2) is 8.42 Å². The van der Waals surface area contributed by atoms with Gasteiger partial charge in [-0.3, -0.25) is 9.59 Å². The molecule has 0 aliphatic carbocycles. The molecular weight excluding hydrogens is 526 g/mol. The van der Waals surface area contributed by atoms with Gasteiger partial charge in [-0.05, 0) is 47.9 Å². The van der Waals surface area contributed by atoms with Crippen LogP contribution in [0.5, 0.6) is 5.75 Å². The van der Waals surface area contributed by atoms with E-state index in [1.165, 1.54) is 4.90 Å². The number of halogens is 1. The summed E-state index contributed by atoms with van der Waals surface area (Å²) in [5.41, 5.74) is 2.37. The first kappa shape index (κ1) is 29.2. The van der Waals surface area contributed by atoms with Crippen LogP contribution in [0, 0.1) is 0 Å². The molecule has 0 radical (unpaired) electrons. The highest BCUT2D eigenvalue weighted by Crippen LogP contribution is 2.16. The molecule has 0 bridgehead atoms. The van der Waals surface area contributed by atoms with E-state index < -0.39 is 28.5 Å². The van der Waals surface area contributed by atoms with E-state index in [1.807, 2.05) is 18.2 Å². The lowest BCUT2D eigenvalue weighted by molar-refractivity contribution is -0.140. The highest BCUT2D eigenvalue weighted by atomic mass is 35.5. The lowest BCUT2D eigenvalue weighted by Gasteiger charge is -2.31. The van der Waals surface area contributed by atoms with Crippen LogP contribution in [0.2, 0.25) is 5.02 Å². The van der Waals surface area contributed by atoms with Gasteiger partial charge in [-0.2, -0.15) is 4.31 Å². The minimum atomic E-state index is -3.71. The molecule has 0 heterocycles. The van der Waals surface area contributed by atoms with Gasteiger partial charge in [0.1, 0.15) is 11.8 Å². The van der Waals surface area contributed by atoms with Gasteiger partial charge in [0.05, 0.1) is 19.9 Å². The smallest absolute Gasteiger partial charge is 0.242 e. The Morgan fingerprint density at radius 3 is 2.05 bits per heavy atom. The monoisotopic (exact) mass is 557 g/mol. The molecule has 10 heteroatoms. The van der Waals surface area contributed by atoms with E-state index in [4.69, 9.17) is 16.3 Å². The van der Waals surface area contributed by atoms with E-state index in [9.17, 15) is 18.0 Å². The Bertz CT molecular complexity index is 1320. The molecule has 1 N–H and O–H groups in total. The van der Waals surface area contributed by atoms with Crippen LogP contribution in [0.1, 0.15) is 23.6 Å². The first-order valence-electron chi connectivity index (χ1n) is 12.0. The molecule has 3 aromatic rings. The molecule has 0 saturated heterocycles. The first-order chi connectivity index (χ1) is 18.1. The van der Waals surface area contributed by atoms with Gasteiger partial charge >= 0.3 is 0 Å². The van der Waals surface area contributed by atoms with Crippen LogP contribution in [0.3, 0.4) is 0 Å². The maximum Gasteiger partial charge on any atom is 0.242 e. The third-order valence-electron chi connectivity index (χ3n) is 6.04. The zero-order chi connectivity index (χ0) is 27.7. The zero-order valence-electron chi connectivity index (χ0n) is 21.6. The molecule has 3 rings (SSSR count). The summed E-state index contributed by atoms with van der Waals surface area (Å²) in [6, 6.07) is 22.4. The summed E-state index contributed by atoms with van der Waals surface area (Å²) in [5, 5.41) is 3.41. The van der Waals surface area contributed by atoms with Gasteiger partial charge in [-0.1, -0.05) is 66.2 Å². The maximum absolute atomic E-state index is 13.6. The van der Waals surface area contributed by atoms with Crippen molar-refractivity contribution in [2.45, 2.75) is 32.6 Å². The fourth-order valence-electron chi connectivity index (χ4n) is 3.77. The van der Waals surface area contributed by atoms with Gasteiger partial charge in [0.2, 0.25) is 21.8 Å². The summed E-state index contributed by atoms with van der Waals surface area (Å²) >= 11 is 6.01.